The Kier molecular flexibility index (Phi) is 19.0. The highest BCUT2D eigenvalue weighted by Gasteiger charge is 2.36. The summed E-state index contributed by atoms with van der Waals surface area (Å²) in [6.07, 6.45) is 9.42. The Morgan fingerprint density at radius 2 is 0.708 bits per heavy atom. The number of ether oxygens (including phenoxy) is 3. The molecule has 0 spiro atoms. The van der Waals surface area contributed by atoms with Crippen LogP contribution in [0.25, 0.3) is 0 Å². The van der Waals surface area contributed by atoms with Crippen LogP contribution >= 0.6 is 0 Å². The van der Waals surface area contributed by atoms with E-state index < -0.39 is 23.3 Å². The second-order valence-corrected chi connectivity index (χ2v) is 22.8. The molecular formula is C53H81N3O9. The van der Waals surface area contributed by atoms with Gasteiger partial charge < -0.3 is 30.2 Å². The molecule has 0 amide bonds. The first-order chi connectivity index (χ1) is 29.9. The number of ketones is 3. The average Bonchev–Trinajstić information content (AvgIpc) is 3.14. The molecule has 0 heterocycles. The summed E-state index contributed by atoms with van der Waals surface area (Å²) in [6, 6.07) is 0. The molecule has 3 aliphatic rings. The van der Waals surface area contributed by atoms with Gasteiger partial charge in [-0.05, 0) is 128 Å². The summed E-state index contributed by atoms with van der Waals surface area (Å²) in [6.45, 7) is 32.8. The van der Waals surface area contributed by atoms with E-state index in [2.05, 4.69) is 64.4 Å². The van der Waals surface area contributed by atoms with Crippen LogP contribution in [-0.4, -0.2) is 74.7 Å². The summed E-state index contributed by atoms with van der Waals surface area (Å²) >= 11 is 0. The van der Waals surface area contributed by atoms with E-state index in [-0.39, 0.29) is 87.9 Å². The van der Waals surface area contributed by atoms with Crippen molar-refractivity contribution in [3.8, 4) is 0 Å². The van der Waals surface area contributed by atoms with Gasteiger partial charge in [-0.3, -0.25) is 14.4 Å². The van der Waals surface area contributed by atoms with Crippen molar-refractivity contribution in [3.63, 3.8) is 0 Å². The van der Waals surface area contributed by atoms with Crippen molar-refractivity contribution in [3.05, 3.63) is 68.8 Å². The van der Waals surface area contributed by atoms with Crippen molar-refractivity contribution in [2.45, 2.75) is 149 Å². The first-order valence-electron chi connectivity index (χ1n) is 23.5. The summed E-state index contributed by atoms with van der Waals surface area (Å²) in [4.78, 5) is 78.9. The number of rotatable bonds is 21. The van der Waals surface area contributed by atoms with Crippen LogP contribution in [0.5, 0.6) is 0 Å². The lowest BCUT2D eigenvalue weighted by Crippen LogP contribution is -2.47. The molecule has 0 aromatic heterocycles. The van der Waals surface area contributed by atoms with Crippen LogP contribution in [0.3, 0.4) is 0 Å². The van der Waals surface area contributed by atoms with E-state index in [1.54, 1.807) is 0 Å². The molecule has 65 heavy (non-hydrogen) atoms. The van der Waals surface area contributed by atoms with Crippen LogP contribution in [0.4, 0.5) is 0 Å². The first kappa shape index (κ1) is 54.6. The number of Topliss-reactive ketones (excluding diaryl/α,β-unsaturated/α-hetero) is 3. The fourth-order valence-corrected chi connectivity index (χ4v) is 8.65. The van der Waals surface area contributed by atoms with Crippen LogP contribution in [0.2, 0.25) is 0 Å². The molecule has 362 valence electrons. The van der Waals surface area contributed by atoms with Gasteiger partial charge in [0.2, 0.25) is 0 Å². The number of carbonyl (C=O) groups excluding carboxylic acids is 6. The summed E-state index contributed by atoms with van der Waals surface area (Å²) in [5, 5.41) is 11.1. The number of esters is 3. The van der Waals surface area contributed by atoms with Crippen molar-refractivity contribution in [1.82, 2.24) is 16.0 Å². The van der Waals surface area contributed by atoms with Crippen molar-refractivity contribution < 1.29 is 43.0 Å². The minimum Gasteiger partial charge on any atom is -0.462 e. The second kappa shape index (κ2) is 22.6. The minimum atomic E-state index is -0.607. The van der Waals surface area contributed by atoms with Crippen LogP contribution in [0.15, 0.2) is 68.8 Å². The van der Waals surface area contributed by atoms with Gasteiger partial charge in [-0.1, -0.05) is 90.0 Å². The van der Waals surface area contributed by atoms with E-state index in [0.717, 1.165) is 17.1 Å². The zero-order valence-corrected chi connectivity index (χ0v) is 42.6. The van der Waals surface area contributed by atoms with Gasteiger partial charge in [0, 0.05) is 42.1 Å². The predicted molar refractivity (Wildman–Crippen MR) is 256 cm³/mol. The lowest BCUT2D eigenvalue weighted by molar-refractivity contribution is -0.142. The van der Waals surface area contributed by atoms with Crippen LogP contribution < -0.4 is 16.0 Å². The van der Waals surface area contributed by atoms with Crippen molar-refractivity contribution >= 4 is 35.3 Å². The van der Waals surface area contributed by atoms with E-state index in [1.807, 2.05) is 59.8 Å². The maximum absolute atomic E-state index is 13.3. The molecule has 0 unspecified atom stereocenters. The first-order valence-corrected chi connectivity index (χ1v) is 23.5. The summed E-state index contributed by atoms with van der Waals surface area (Å²) in [5.41, 5.74) is 3.51. The van der Waals surface area contributed by atoms with Gasteiger partial charge in [0.15, 0.2) is 17.3 Å². The SMILES string of the molecule is CC(=O)/C(C(=O)OCC(C)C)=C1/C=C(NCC(C)(CNC2=C/C(=C(\C(C)=O)C(=O)OCC(C)C)CC(C)(C)C2)CNC2=C/C(=C(\C(C)=O)C(=O)OCC(C)C)CC(C)(C)C2)CC(C)(C)C1. The Hall–Kier alpha value is -4.74. The highest BCUT2D eigenvalue weighted by molar-refractivity contribution is 6.18. The number of allylic oxidation sites excluding steroid dienone is 9. The molecule has 0 saturated carbocycles. The smallest absolute Gasteiger partial charge is 0.342 e. The summed E-state index contributed by atoms with van der Waals surface area (Å²) in [5.74, 6) is -2.47. The van der Waals surface area contributed by atoms with Crippen LogP contribution in [0, 0.1) is 39.4 Å². The molecule has 12 heteroatoms. The third-order valence-corrected chi connectivity index (χ3v) is 11.6. The Morgan fingerprint density at radius 3 is 0.908 bits per heavy atom. The molecule has 0 aromatic rings. The monoisotopic (exact) mass is 904 g/mol. The topological polar surface area (TPSA) is 166 Å². The van der Waals surface area contributed by atoms with Crippen LogP contribution in [-0.2, 0) is 43.0 Å². The molecule has 12 nitrogen and oxygen atoms in total. The zero-order valence-electron chi connectivity index (χ0n) is 42.6. The Morgan fingerprint density at radius 1 is 0.477 bits per heavy atom. The molecule has 3 aliphatic carbocycles. The quantitative estimate of drug-likeness (QED) is 0.0329. The van der Waals surface area contributed by atoms with Gasteiger partial charge >= 0.3 is 17.9 Å². The zero-order chi connectivity index (χ0) is 49.2. The lowest BCUT2D eigenvalue weighted by Gasteiger charge is -2.39. The molecule has 3 N–H and O–H groups in total. The van der Waals surface area contributed by atoms with E-state index >= 15 is 0 Å². The number of carbonyl (C=O) groups is 6. The Labute approximate surface area is 390 Å². The third kappa shape index (κ3) is 17.2. The molecule has 0 aromatic carbocycles. The molecule has 0 radical (unpaired) electrons. The largest absolute Gasteiger partial charge is 0.462 e. The van der Waals surface area contributed by atoms with Gasteiger partial charge in [-0.15, -0.1) is 0 Å². The van der Waals surface area contributed by atoms with Gasteiger partial charge in [0.25, 0.3) is 0 Å². The van der Waals surface area contributed by atoms with Gasteiger partial charge in [0.1, 0.15) is 16.7 Å². The van der Waals surface area contributed by atoms with E-state index in [1.165, 1.54) is 20.8 Å². The Bertz CT molecular complexity index is 1810. The summed E-state index contributed by atoms with van der Waals surface area (Å²) in [7, 11) is 0. The maximum Gasteiger partial charge on any atom is 0.342 e. The number of hydrogen-bond donors (Lipinski definition) is 3. The van der Waals surface area contributed by atoms with E-state index in [4.69, 9.17) is 14.2 Å². The minimum absolute atomic E-state index is 0.0753. The average molecular weight is 904 g/mol. The molecule has 0 bridgehead atoms. The summed E-state index contributed by atoms with van der Waals surface area (Å²) < 4.78 is 16.7. The van der Waals surface area contributed by atoms with E-state index in [0.29, 0.717) is 74.9 Å². The normalized spacial score (nSPS) is 20.4. The lowest BCUT2D eigenvalue weighted by atomic mass is 9.75. The molecule has 3 rings (SSSR count). The number of nitrogens with one attached hydrogen (secondary N) is 3. The third-order valence-electron chi connectivity index (χ3n) is 11.6. The molecule has 0 fully saturated rings. The standard InChI is InChI=1S/C53H81N3O9/c1-32(2)26-63-47(60)44(35(7)57)38-17-41(23-50(10,11)20-38)54-29-53(16,30-55-42-18-39(21-51(12,13)24-42)45(36(8)58)48(61)64-27-33(3)4)31-56-43-19-40(22-52(14,15)25-43)46(37(9)59)49(62)65-28-34(5)6/h17-19,32-34,54-56H,20-31H2,1-16H3/b44-38-,45-39-,46-40+. The number of hydrogen-bond acceptors (Lipinski definition) is 12. The Balaban J connectivity index is 2.11. The fourth-order valence-electron chi connectivity index (χ4n) is 8.65. The van der Waals surface area contributed by atoms with Crippen molar-refractivity contribution in [2.24, 2.45) is 39.4 Å². The predicted octanol–water partition coefficient (Wildman–Crippen LogP) is 9.13. The molecule has 0 aliphatic heterocycles. The van der Waals surface area contributed by atoms with Gasteiger partial charge in [0.05, 0.1) is 19.8 Å². The van der Waals surface area contributed by atoms with Crippen molar-refractivity contribution in [2.75, 3.05) is 39.5 Å². The molecular weight excluding hydrogens is 823 g/mol. The highest BCUT2D eigenvalue weighted by Crippen LogP contribution is 2.42. The van der Waals surface area contributed by atoms with Gasteiger partial charge in [-0.25, -0.2) is 14.4 Å². The molecule has 0 atom stereocenters. The molecule has 0 saturated heterocycles. The second-order valence-electron chi connectivity index (χ2n) is 22.8. The van der Waals surface area contributed by atoms with Crippen molar-refractivity contribution in [1.29, 1.82) is 0 Å². The maximum atomic E-state index is 13.3. The fraction of sp³-hybridized carbons (Fsp3) is 0.660. The van der Waals surface area contributed by atoms with Crippen LogP contribution in [0.1, 0.15) is 149 Å². The van der Waals surface area contributed by atoms with Gasteiger partial charge in [-0.2, -0.15) is 0 Å². The highest BCUT2D eigenvalue weighted by atomic mass is 16.5. The van der Waals surface area contributed by atoms with E-state index in [9.17, 15) is 28.8 Å².